The van der Waals surface area contributed by atoms with Crippen LogP contribution in [0.5, 0.6) is 0 Å². The van der Waals surface area contributed by atoms with Crippen molar-refractivity contribution in [1.82, 2.24) is 39.9 Å². The molecular weight excluding hydrogens is 322 g/mol. The van der Waals surface area contributed by atoms with Crippen LogP contribution in [0.25, 0.3) is 5.69 Å². The Morgan fingerprint density at radius 3 is 2.56 bits per heavy atom. The Hall–Kier alpha value is -3.30. The smallest absolute Gasteiger partial charge is 0.321 e. The van der Waals surface area contributed by atoms with Gasteiger partial charge in [-0.05, 0) is 47.5 Å². The fraction of sp³-hybridized carbons (Fsp3) is 0.333. The highest BCUT2D eigenvalue weighted by atomic mass is 16.2. The Balaban J connectivity index is 1.33. The number of amides is 2. The molecule has 0 aliphatic carbocycles. The van der Waals surface area contributed by atoms with Crippen LogP contribution in [0, 0.1) is 0 Å². The number of likely N-dealkylation sites (tertiary alicyclic amines) is 1. The van der Waals surface area contributed by atoms with Crippen LogP contribution in [0.3, 0.4) is 0 Å². The second kappa shape index (κ2) is 6.67. The van der Waals surface area contributed by atoms with E-state index in [4.69, 9.17) is 0 Å². The molecule has 1 aliphatic rings. The number of benzene rings is 1. The second-order valence-corrected chi connectivity index (χ2v) is 5.83. The molecule has 1 saturated heterocycles. The number of anilines is 1. The summed E-state index contributed by atoms with van der Waals surface area (Å²) in [5.41, 5.74) is 1.57. The van der Waals surface area contributed by atoms with E-state index >= 15 is 0 Å². The first-order chi connectivity index (χ1) is 12.3. The molecule has 25 heavy (non-hydrogen) atoms. The lowest BCUT2D eigenvalue weighted by Crippen LogP contribution is -2.41. The number of aromatic nitrogens is 7. The highest BCUT2D eigenvalue weighted by molar-refractivity contribution is 5.89. The number of urea groups is 1. The number of carbonyl (C=O) groups is 1. The van der Waals surface area contributed by atoms with Gasteiger partial charge in [0.15, 0.2) is 0 Å². The number of hydrogen-bond acceptors (Lipinski definition) is 6. The van der Waals surface area contributed by atoms with Gasteiger partial charge in [0.1, 0.15) is 19.0 Å². The number of piperidine rings is 1. The Bertz CT molecular complexity index is 805. The molecule has 1 aromatic carbocycles. The van der Waals surface area contributed by atoms with Crippen LogP contribution < -0.4 is 5.32 Å². The summed E-state index contributed by atoms with van der Waals surface area (Å²) in [6.45, 7) is 1.39. The quantitative estimate of drug-likeness (QED) is 0.766. The molecule has 0 unspecified atom stereocenters. The number of nitrogens with one attached hydrogen (secondary N) is 1. The van der Waals surface area contributed by atoms with Crippen molar-refractivity contribution in [2.75, 3.05) is 18.4 Å². The van der Waals surface area contributed by atoms with E-state index < -0.39 is 0 Å². The van der Waals surface area contributed by atoms with E-state index in [1.54, 1.807) is 11.0 Å². The van der Waals surface area contributed by atoms with Gasteiger partial charge in [0.05, 0.1) is 11.7 Å². The van der Waals surface area contributed by atoms with Crippen LogP contribution in [-0.4, -0.2) is 59.0 Å². The zero-order valence-electron chi connectivity index (χ0n) is 13.4. The van der Waals surface area contributed by atoms with Crippen LogP contribution in [0.15, 0.2) is 43.2 Å². The molecular formula is C15H17N9O. The number of nitrogens with zero attached hydrogens (tertiary/aromatic N) is 8. The fourth-order valence-electron chi connectivity index (χ4n) is 2.92. The summed E-state index contributed by atoms with van der Waals surface area (Å²) in [5.74, 6) is 0. The standard InChI is InChI=1S/C15H17N9O/c25-15(22-7-5-14(6-8-22)23-10-16-9-18-23)19-12-1-3-13(4-2-12)24-11-17-20-21-24/h1-4,9-11,14H,5-8H2,(H,19,25). The van der Waals surface area contributed by atoms with Crippen LogP contribution in [0.4, 0.5) is 10.5 Å². The lowest BCUT2D eigenvalue weighted by molar-refractivity contribution is 0.180. The van der Waals surface area contributed by atoms with Gasteiger partial charge in [-0.1, -0.05) is 0 Å². The number of tetrazole rings is 1. The van der Waals surface area contributed by atoms with E-state index in [9.17, 15) is 4.79 Å². The van der Waals surface area contributed by atoms with Crippen molar-refractivity contribution in [1.29, 1.82) is 0 Å². The topological polar surface area (TPSA) is 107 Å². The third-order valence-electron chi connectivity index (χ3n) is 4.29. The Kier molecular flexibility index (Phi) is 4.07. The van der Waals surface area contributed by atoms with Crippen LogP contribution >= 0.6 is 0 Å². The summed E-state index contributed by atoms with van der Waals surface area (Å²) in [4.78, 5) is 18.2. The zero-order valence-corrected chi connectivity index (χ0v) is 13.4. The van der Waals surface area contributed by atoms with Crippen LogP contribution in [0.1, 0.15) is 18.9 Å². The summed E-state index contributed by atoms with van der Waals surface area (Å²) in [5, 5.41) is 18.1. The molecule has 10 heteroatoms. The van der Waals surface area contributed by atoms with Crippen molar-refractivity contribution in [2.24, 2.45) is 0 Å². The van der Waals surface area contributed by atoms with Gasteiger partial charge in [-0.25, -0.2) is 19.1 Å². The average Bonchev–Trinajstić information content (AvgIpc) is 3.36. The molecule has 4 rings (SSSR count). The first-order valence-electron chi connectivity index (χ1n) is 8.03. The number of carbonyl (C=O) groups excluding carboxylic acids is 1. The first kappa shape index (κ1) is 15.2. The predicted molar refractivity (Wildman–Crippen MR) is 88.0 cm³/mol. The van der Waals surface area contributed by atoms with Gasteiger partial charge >= 0.3 is 6.03 Å². The highest BCUT2D eigenvalue weighted by Gasteiger charge is 2.24. The summed E-state index contributed by atoms with van der Waals surface area (Å²) >= 11 is 0. The SMILES string of the molecule is O=C(Nc1ccc(-n2cnnn2)cc1)N1CCC(n2cncn2)CC1. The van der Waals surface area contributed by atoms with Gasteiger partial charge in [-0.3, -0.25) is 0 Å². The monoisotopic (exact) mass is 339 g/mol. The summed E-state index contributed by atoms with van der Waals surface area (Å²) < 4.78 is 3.42. The maximum atomic E-state index is 12.4. The Labute approximate surface area is 143 Å². The average molecular weight is 339 g/mol. The molecule has 0 atom stereocenters. The normalized spacial score (nSPS) is 15.3. The van der Waals surface area contributed by atoms with Crippen molar-refractivity contribution in [3.05, 3.63) is 43.2 Å². The van der Waals surface area contributed by atoms with Gasteiger partial charge in [0.2, 0.25) is 0 Å². The number of rotatable bonds is 3. The molecule has 10 nitrogen and oxygen atoms in total. The molecule has 1 N–H and O–H groups in total. The van der Waals surface area contributed by atoms with Crippen molar-refractivity contribution >= 4 is 11.7 Å². The molecule has 0 spiro atoms. The fourth-order valence-corrected chi connectivity index (χ4v) is 2.92. The van der Waals surface area contributed by atoms with Gasteiger partial charge in [0.25, 0.3) is 0 Å². The lowest BCUT2D eigenvalue weighted by Gasteiger charge is -2.31. The van der Waals surface area contributed by atoms with Crippen molar-refractivity contribution in [3.8, 4) is 5.69 Å². The minimum absolute atomic E-state index is 0.0905. The molecule has 3 aromatic rings. The van der Waals surface area contributed by atoms with E-state index in [2.05, 4.69) is 30.9 Å². The van der Waals surface area contributed by atoms with Crippen molar-refractivity contribution in [2.45, 2.75) is 18.9 Å². The minimum atomic E-state index is -0.0905. The van der Waals surface area contributed by atoms with Crippen LogP contribution in [-0.2, 0) is 0 Å². The second-order valence-electron chi connectivity index (χ2n) is 5.83. The van der Waals surface area contributed by atoms with E-state index in [-0.39, 0.29) is 6.03 Å². The van der Waals surface area contributed by atoms with Gasteiger partial charge in [-0.15, -0.1) is 5.10 Å². The summed E-state index contributed by atoms with van der Waals surface area (Å²) in [6, 6.07) is 7.58. The van der Waals surface area contributed by atoms with E-state index in [0.717, 1.165) is 24.2 Å². The number of hydrogen-bond donors (Lipinski definition) is 1. The first-order valence-corrected chi connectivity index (χ1v) is 8.03. The summed E-state index contributed by atoms with van der Waals surface area (Å²) in [7, 11) is 0. The molecule has 2 amide bonds. The molecule has 2 aromatic heterocycles. The molecule has 0 saturated carbocycles. The predicted octanol–water partition coefficient (Wildman–Crippen LogP) is 1.12. The van der Waals surface area contributed by atoms with Gasteiger partial charge < -0.3 is 10.2 Å². The highest BCUT2D eigenvalue weighted by Crippen LogP contribution is 2.22. The molecule has 3 heterocycles. The van der Waals surface area contributed by atoms with E-state index in [0.29, 0.717) is 19.1 Å². The zero-order chi connectivity index (χ0) is 17.1. The third-order valence-corrected chi connectivity index (χ3v) is 4.29. The molecule has 1 aliphatic heterocycles. The van der Waals surface area contributed by atoms with Gasteiger partial charge in [-0.2, -0.15) is 5.10 Å². The minimum Gasteiger partial charge on any atom is -0.324 e. The molecule has 128 valence electrons. The molecule has 1 fully saturated rings. The lowest BCUT2D eigenvalue weighted by atomic mass is 10.1. The van der Waals surface area contributed by atoms with E-state index in [1.807, 2.05) is 33.8 Å². The maximum absolute atomic E-state index is 12.4. The van der Waals surface area contributed by atoms with E-state index in [1.165, 1.54) is 12.7 Å². The maximum Gasteiger partial charge on any atom is 0.321 e. The molecule has 0 bridgehead atoms. The van der Waals surface area contributed by atoms with Crippen molar-refractivity contribution < 1.29 is 4.79 Å². The summed E-state index contributed by atoms with van der Waals surface area (Å²) in [6.07, 6.45) is 6.53. The van der Waals surface area contributed by atoms with Crippen molar-refractivity contribution in [3.63, 3.8) is 0 Å². The molecule has 0 radical (unpaired) electrons. The Morgan fingerprint density at radius 2 is 1.92 bits per heavy atom. The largest absolute Gasteiger partial charge is 0.324 e. The van der Waals surface area contributed by atoms with Crippen LogP contribution in [0.2, 0.25) is 0 Å². The van der Waals surface area contributed by atoms with Gasteiger partial charge in [0, 0.05) is 18.8 Å². The third kappa shape index (κ3) is 3.32. The Morgan fingerprint density at radius 1 is 1.12 bits per heavy atom.